The summed E-state index contributed by atoms with van der Waals surface area (Å²) < 4.78 is 4.59. The first-order valence-corrected chi connectivity index (χ1v) is 14.2. The van der Waals surface area contributed by atoms with Crippen LogP contribution in [0.25, 0.3) is 72.3 Å². The highest BCUT2D eigenvalue weighted by Crippen LogP contribution is 2.42. The summed E-state index contributed by atoms with van der Waals surface area (Å²) in [6.07, 6.45) is 1.85. The highest BCUT2D eigenvalue weighted by molar-refractivity contribution is 7.08. The Morgan fingerprint density at radius 1 is 0.675 bits per heavy atom. The third kappa shape index (κ3) is 3.52. The Morgan fingerprint density at radius 2 is 1.52 bits per heavy atom. The number of para-hydroxylation sites is 3. The van der Waals surface area contributed by atoms with Gasteiger partial charge in [-0.05, 0) is 82.6 Å². The predicted octanol–water partition coefficient (Wildman–Crippen LogP) is 9.13. The van der Waals surface area contributed by atoms with Crippen LogP contribution in [-0.2, 0) is 7.05 Å². The van der Waals surface area contributed by atoms with E-state index in [1.807, 2.05) is 24.4 Å². The van der Waals surface area contributed by atoms with Crippen LogP contribution in [0.4, 0.5) is 0 Å². The minimum atomic E-state index is 0.957. The monoisotopic (exact) mass is 532 g/mol. The molecule has 0 saturated heterocycles. The Morgan fingerprint density at radius 3 is 2.35 bits per heavy atom. The molecule has 0 fully saturated rings. The fourth-order valence-electron chi connectivity index (χ4n) is 5.89. The van der Waals surface area contributed by atoms with Gasteiger partial charge in [0.25, 0.3) is 0 Å². The van der Waals surface area contributed by atoms with Gasteiger partial charge in [0, 0.05) is 40.8 Å². The highest BCUT2D eigenvalue weighted by Gasteiger charge is 2.20. The number of rotatable bonds is 4. The largest absolute Gasteiger partial charge is 0.327 e. The summed E-state index contributed by atoms with van der Waals surface area (Å²) in [5.41, 5.74) is 11.2. The summed E-state index contributed by atoms with van der Waals surface area (Å²) in [7, 11) is 2.10. The summed E-state index contributed by atoms with van der Waals surface area (Å²) in [6, 6.07) is 38.6. The van der Waals surface area contributed by atoms with Crippen molar-refractivity contribution in [1.29, 1.82) is 0 Å². The van der Waals surface area contributed by atoms with Crippen LogP contribution in [0.2, 0.25) is 0 Å². The molecule has 4 nitrogen and oxygen atoms in total. The molecule has 0 bridgehead atoms. The van der Waals surface area contributed by atoms with Crippen molar-refractivity contribution in [3.05, 3.63) is 126 Å². The molecule has 0 amide bonds. The maximum Gasteiger partial charge on any atom is 0.140 e. The van der Waals surface area contributed by atoms with Gasteiger partial charge in [-0.15, -0.1) is 0 Å². The summed E-state index contributed by atoms with van der Waals surface area (Å²) in [5, 5.41) is 6.87. The predicted molar refractivity (Wildman–Crippen MR) is 167 cm³/mol. The van der Waals surface area contributed by atoms with Gasteiger partial charge in [0.2, 0.25) is 0 Å². The van der Waals surface area contributed by atoms with Crippen LogP contribution in [0, 0.1) is 0 Å². The number of hydrogen-bond acceptors (Lipinski definition) is 3. The van der Waals surface area contributed by atoms with Crippen molar-refractivity contribution >= 4 is 44.2 Å². The van der Waals surface area contributed by atoms with E-state index in [9.17, 15) is 0 Å². The third-order valence-corrected chi connectivity index (χ3v) is 8.40. The smallest absolute Gasteiger partial charge is 0.140 e. The van der Waals surface area contributed by atoms with Crippen LogP contribution in [0.1, 0.15) is 0 Å². The van der Waals surface area contributed by atoms with Crippen molar-refractivity contribution in [3.63, 3.8) is 0 Å². The molecule has 5 heteroatoms. The fraction of sp³-hybridized carbons (Fsp3) is 0.0286. The zero-order valence-corrected chi connectivity index (χ0v) is 22.6. The molecule has 0 saturated carbocycles. The molecule has 0 aliphatic heterocycles. The molecular weight excluding hydrogens is 508 g/mol. The zero-order chi connectivity index (χ0) is 26.6. The van der Waals surface area contributed by atoms with Crippen molar-refractivity contribution in [2.24, 2.45) is 7.05 Å². The summed E-state index contributed by atoms with van der Waals surface area (Å²) >= 11 is 1.73. The van der Waals surface area contributed by atoms with E-state index < -0.39 is 0 Å². The van der Waals surface area contributed by atoms with Gasteiger partial charge >= 0.3 is 0 Å². The quantitative estimate of drug-likeness (QED) is 0.227. The van der Waals surface area contributed by atoms with E-state index in [4.69, 9.17) is 4.98 Å². The number of aryl methyl sites for hydroxylation is 1. The van der Waals surface area contributed by atoms with Gasteiger partial charge in [-0.1, -0.05) is 48.5 Å². The Balaban J connectivity index is 1.48. The van der Waals surface area contributed by atoms with Crippen molar-refractivity contribution in [3.8, 4) is 39.5 Å². The molecule has 0 aliphatic rings. The molecule has 4 aromatic heterocycles. The lowest BCUT2D eigenvalue weighted by atomic mass is 9.98. The first kappa shape index (κ1) is 22.9. The van der Waals surface area contributed by atoms with E-state index in [1.54, 1.807) is 11.3 Å². The van der Waals surface area contributed by atoms with Crippen LogP contribution in [0.5, 0.6) is 0 Å². The first-order valence-electron chi connectivity index (χ1n) is 13.3. The number of pyridine rings is 1. The van der Waals surface area contributed by atoms with E-state index in [2.05, 4.69) is 123 Å². The zero-order valence-electron chi connectivity index (χ0n) is 21.8. The molecule has 0 unspecified atom stereocenters. The molecule has 0 atom stereocenters. The van der Waals surface area contributed by atoms with E-state index in [0.717, 1.165) is 44.9 Å². The van der Waals surface area contributed by atoms with Crippen molar-refractivity contribution in [1.82, 2.24) is 19.1 Å². The molecule has 0 aliphatic carbocycles. The minimum absolute atomic E-state index is 0.957. The molecule has 190 valence electrons. The van der Waals surface area contributed by atoms with Crippen LogP contribution in [-0.4, -0.2) is 19.1 Å². The Labute approximate surface area is 235 Å². The molecule has 0 spiro atoms. The lowest BCUT2D eigenvalue weighted by Gasteiger charge is -2.12. The second kappa shape index (κ2) is 9.04. The number of hydrogen-bond donors (Lipinski definition) is 0. The van der Waals surface area contributed by atoms with Crippen molar-refractivity contribution < 1.29 is 0 Å². The van der Waals surface area contributed by atoms with Gasteiger partial charge in [0.15, 0.2) is 0 Å². The Bertz CT molecular complexity index is 2170. The average Bonchev–Trinajstić information content (AvgIpc) is 3.74. The SMILES string of the molecule is Cn1c(-c2cc(-c3ccsc3)c3c4ccccc4n(-c4cccc(-c5ccccn5)c4)c3c2)nc2ccccc21. The Hall–Kier alpha value is -5.00. The highest BCUT2D eigenvalue weighted by atomic mass is 32.1. The standard InChI is InChI=1S/C35H24N4S/c1-38-32-15-5-3-13-30(32)37-35(38)25-20-28(24-16-18-40-22-24)34-27-11-2-4-14-31(27)39(33(34)21-25)26-10-8-9-23(19-26)29-12-6-7-17-36-29/h2-22H,1H3. The van der Waals surface area contributed by atoms with E-state index in [0.29, 0.717) is 0 Å². The minimum Gasteiger partial charge on any atom is -0.327 e. The van der Waals surface area contributed by atoms with Crippen molar-refractivity contribution in [2.75, 3.05) is 0 Å². The second-order valence-corrected chi connectivity index (χ2v) is 10.8. The van der Waals surface area contributed by atoms with Crippen LogP contribution < -0.4 is 0 Å². The average molecular weight is 533 g/mol. The second-order valence-electron chi connectivity index (χ2n) is 10.0. The third-order valence-electron chi connectivity index (χ3n) is 7.72. The summed E-state index contributed by atoms with van der Waals surface area (Å²) in [5.74, 6) is 0.957. The summed E-state index contributed by atoms with van der Waals surface area (Å²) in [4.78, 5) is 9.68. The van der Waals surface area contributed by atoms with E-state index >= 15 is 0 Å². The molecule has 0 radical (unpaired) electrons. The van der Waals surface area contributed by atoms with E-state index in [1.165, 1.54) is 27.4 Å². The van der Waals surface area contributed by atoms with Gasteiger partial charge in [0.1, 0.15) is 5.82 Å². The van der Waals surface area contributed by atoms with Crippen LogP contribution >= 0.6 is 11.3 Å². The van der Waals surface area contributed by atoms with E-state index in [-0.39, 0.29) is 0 Å². The molecule has 8 aromatic rings. The van der Waals surface area contributed by atoms with Crippen LogP contribution in [0.15, 0.2) is 126 Å². The van der Waals surface area contributed by atoms with Gasteiger partial charge in [-0.2, -0.15) is 11.3 Å². The van der Waals surface area contributed by atoms with Crippen molar-refractivity contribution in [2.45, 2.75) is 0 Å². The van der Waals surface area contributed by atoms with Gasteiger partial charge < -0.3 is 9.13 Å². The molecule has 0 N–H and O–H groups in total. The Kier molecular flexibility index (Phi) is 5.18. The van der Waals surface area contributed by atoms with Gasteiger partial charge in [-0.25, -0.2) is 4.98 Å². The number of fused-ring (bicyclic) bond motifs is 4. The molecular formula is C35H24N4S. The fourth-order valence-corrected chi connectivity index (χ4v) is 6.55. The maximum atomic E-state index is 5.07. The number of aromatic nitrogens is 4. The van der Waals surface area contributed by atoms with Gasteiger partial charge in [0.05, 0.1) is 27.8 Å². The van der Waals surface area contributed by atoms with Crippen LogP contribution in [0.3, 0.4) is 0 Å². The topological polar surface area (TPSA) is 35.6 Å². The maximum absolute atomic E-state index is 5.07. The molecule has 4 aromatic carbocycles. The normalized spacial score (nSPS) is 11.6. The molecule has 4 heterocycles. The first-order chi connectivity index (χ1) is 19.8. The number of imidazole rings is 1. The lowest BCUT2D eigenvalue weighted by Crippen LogP contribution is -1.97. The number of nitrogens with zero attached hydrogens (tertiary/aromatic N) is 4. The summed E-state index contributed by atoms with van der Waals surface area (Å²) in [6.45, 7) is 0. The number of thiophene rings is 1. The lowest BCUT2D eigenvalue weighted by molar-refractivity contribution is 0.959. The number of benzene rings is 4. The van der Waals surface area contributed by atoms with Gasteiger partial charge in [-0.3, -0.25) is 4.98 Å². The molecule has 40 heavy (non-hydrogen) atoms. The molecule has 8 rings (SSSR count).